The van der Waals surface area contributed by atoms with Gasteiger partial charge in [-0.2, -0.15) is 0 Å². The maximum Gasteiger partial charge on any atom is 0.341 e. The van der Waals surface area contributed by atoms with E-state index in [1.54, 1.807) is 33.9 Å². The van der Waals surface area contributed by atoms with Crippen molar-refractivity contribution in [1.82, 2.24) is 4.40 Å². The molecule has 0 N–H and O–H groups in total. The Hall–Kier alpha value is -3.16. The summed E-state index contributed by atoms with van der Waals surface area (Å²) in [5, 5.41) is 0. The number of Topliss-reactive ketones (excluding diaryl/α,β-unsaturated/α-hetero) is 1. The van der Waals surface area contributed by atoms with Gasteiger partial charge in [0.1, 0.15) is 23.2 Å². The van der Waals surface area contributed by atoms with Crippen LogP contribution in [0.2, 0.25) is 0 Å². The molecule has 0 saturated carbocycles. The van der Waals surface area contributed by atoms with Gasteiger partial charge in [-0.3, -0.25) is 9.59 Å². The molecule has 156 valence electrons. The lowest BCUT2D eigenvalue weighted by Gasteiger charge is -2.07. The second kappa shape index (κ2) is 9.36. The lowest BCUT2D eigenvalue weighted by atomic mass is 10.0. The van der Waals surface area contributed by atoms with Crippen molar-refractivity contribution in [3.05, 3.63) is 40.2 Å². The third kappa shape index (κ3) is 4.47. The number of hydrogen-bond acceptors (Lipinski definition) is 7. The van der Waals surface area contributed by atoms with Crippen LogP contribution in [0.15, 0.2) is 12.3 Å². The normalized spacial score (nSPS) is 10.7. The van der Waals surface area contributed by atoms with E-state index in [4.69, 9.17) is 14.2 Å². The molecule has 0 aliphatic rings. The first-order valence-electron chi connectivity index (χ1n) is 9.44. The molecule has 8 nitrogen and oxygen atoms in total. The molecule has 0 radical (unpaired) electrons. The predicted octanol–water partition coefficient (Wildman–Crippen LogP) is 3.05. The smallest absolute Gasteiger partial charge is 0.341 e. The standard InChI is InChI=1S/C21H25NO7/c1-6-27-15(24)10-14(23)19-17(21(26)29-8-3)16(20(25)28-7-2)18-13(5)9-12(4)11-22(18)19/h9,11H,6-8,10H2,1-5H3. The maximum absolute atomic E-state index is 13.0. The lowest BCUT2D eigenvalue weighted by molar-refractivity contribution is -0.141. The van der Waals surface area contributed by atoms with Crippen LogP contribution in [0, 0.1) is 13.8 Å². The van der Waals surface area contributed by atoms with E-state index in [2.05, 4.69) is 0 Å². The summed E-state index contributed by atoms with van der Waals surface area (Å²) in [4.78, 5) is 50.4. The molecule has 0 bridgehead atoms. The molecule has 2 heterocycles. The summed E-state index contributed by atoms with van der Waals surface area (Å²) in [5.74, 6) is -2.94. The topological polar surface area (TPSA) is 100 Å². The summed E-state index contributed by atoms with van der Waals surface area (Å²) >= 11 is 0. The van der Waals surface area contributed by atoms with Gasteiger partial charge in [-0.1, -0.05) is 6.07 Å². The van der Waals surface area contributed by atoms with Crippen LogP contribution < -0.4 is 0 Å². The van der Waals surface area contributed by atoms with Gasteiger partial charge < -0.3 is 18.6 Å². The number of fused-ring (bicyclic) bond motifs is 1. The average molecular weight is 403 g/mol. The molecule has 29 heavy (non-hydrogen) atoms. The van der Waals surface area contributed by atoms with E-state index in [1.165, 1.54) is 4.40 Å². The van der Waals surface area contributed by atoms with Crippen LogP contribution in [0.3, 0.4) is 0 Å². The number of pyridine rings is 1. The quantitative estimate of drug-likeness (QED) is 0.289. The van der Waals surface area contributed by atoms with Crippen molar-refractivity contribution in [2.24, 2.45) is 0 Å². The maximum atomic E-state index is 13.0. The number of ether oxygens (including phenoxy) is 3. The number of carbonyl (C=O) groups excluding carboxylic acids is 4. The van der Waals surface area contributed by atoms with Gasteiger partial charge in [-0.25, -0.2) is 9.59 Å². The first-order chi connectivity index (χ1) is 13.8. The van der Waals surface area contributed by atoms with Crippen molar-refractivity contribution in [3.63, 3.8) is 0 Å². The van der Waals surface area contributed by atoms with E-state index >= 15 is 0 Å². The van der Waals surface area contributed by atoms with E-state index in [1.807, 2.05) is 13.0 Å². The Morgan fingerprint density at radius 1 is 0.862 bits per heavy atom. The van der Waals surface area contributed by atoms with Gasteiger partial charge in [0.2, 0.25) is 0 Å². The summed E-state index contributed by atoms with van der Waals surface area (Å²) in [6.07, 6.45) is 1.06. The van der Waals surface area contributed by atoms with Crippen molar-refractivity contribution in [1.29, 1.82) is 0 Å². The molecule has 0 aromatic carbocycles. The van der Waals surface area contributed by atoms with Crippen LogP contribution in [0.1, 0.15) is 69.5 Å². The minimum Gasteiger partial charge on any atom is -0.466 e. The van der Waals surface area contributed by atoms with Crippen LogP contribution in [0.4, 0.5) is 0 Å². The van der Waals surface area contributed by atoms with E-state index in [0.29, 0.717) is 11.1 Å². The molecule has 0 fully saturated rings. The van der Waals surface area contributed by atoms with Crippen molar-refractivity contribution in [2.45, 2.75) is 41.0 Å². The van der Waals surface area contributed by atoms with Crippen LogP contribution >= 0.6 is 0 Å². The number of aromatic nitrogens is 1. The van der Waals surface area contributed by atoms with Crippen LogP contribution in [-0.2, 0) is 19.0 Å². The molecular weight excluding hydrogens is 378 g/mol. The number of rotatable bonds is 8. The van der Waals surface area contributed by atoms with E-state index in [0.717, 1.165) is 5.56 Å². The van der Waals surface area contributed by atoms with E-state index in [-0.39, 0.29) is 36.6 Å². The second-order valence-electron chi connectivity index (χ2n) is 6.36. The highest BCUT2D eigenvalue weighted by Crippen LogP contribution is 2.30. The predicted molar refractivity (Wildman–Crippen MR) is 104 cm³/mol. The number of nitrogens with zero attached hydrogens (tertiary/aromatic N) is 1. The Balaban J connectivity index is 2.86. The summed E-state index contributed by atoms with van der Waals surface area (Å²) in [7, 11) is 0. The molecule has 0 aliphatic heterocycles. The number of ketones is 1. The number of esters is 3. The Bertz CT molecular complexity index is 971. The van der Waals surface area contributed by atoms with Gasteiger partial charge in [0, 0.05) is 6.20 Å². The third-order valence-electron chi connectivity index (χ3n) is 4.19. The van der Waals surface area contributed by atoms with Gasteiger partial charge in [0.15, 0.2) is 5.78 Å². The van der Waals surface area contributed by atoms with E-state index < -0.39 is 30.1 Å². The Labute approximate surface area is 168 Å². The zero-order chi connectivity index (χ0) is 21.7. The molecule has 0 saturated heterocycles. The molecule has 2 aromatic rings. The second-order valence-corrected chi connectivity index (χ2v) is 6.36. The minimum absolute atomic E-state index is 0.0463. The first kappa shape index (κ1) is 22.1. The zero-order valence-corrected chi connectivity index (χ0v) is 17.3. The summed E-state index contributed by atoms with van der Waals surface area (Å²) in [5.41, 5.74) is 1.50. The van der Waals surface area contributed by atoms with Crippen molar-refractivity contribution >= 4 is 29.2 Å². The molecule has 0 unspecified atom stereocenters. The van der Waals surface area contributed by atoms with Gasteiger partial charge >= 0.3 is 17.9 Å². The highest BCUT2D eigenvalue weighted by Gasteiger charge is 2.34. The van der Waals surface area contributed by atoms with E-state index in [9.17, 15) is 19.2 Å². The Morgan fingerprint density at radius 2 is 1.41 bits per heavy atom. The monoisotopic (exact) mass is 403 g/mol. The molecule has 0 amide bonds. The summed E-state index contributed by atoms with van der Waals surface area (Å²) in [6, 6.07) is 1.83. The van der Waals surface area contributed by atoms with Gasteiger partial charge in [-0.05, 0) is 45.7 Å². The molecule has 8 heteroatoms. The fraction of sp³-hybridized carbons (Fsp3) is 0.429. The number of hydrogen-bond donors (Lipinski definition) is 0. The van der Waals surface area contributed by atoms with Crippen molar-refractivity contribution in [3.8, 4) is 0 Å². The SMILES string of the molecule is CCOC(=O)CC(=O)c1c(C(=O)OCC)c(C(=O)OCC)c2c(C)cc(C)cn12. The molecule has 0 spiro atoms. The Morgan fingerprint density at radius 3 is 1.97 bits per heavy atom. The molecule has 0 atom stereocenters. The third-order valence-corrected chi connectivity index (χ3v) is 4.19. The largest absolute Gasteiger partial charge is 0.466 e. The highest BCUT2D eigenvalue weighted by atomic mass is 16.5. The van der Waals surface area contributed by atoms with Crippen molar-refractivity contribution in [2.75, 3.05) is 19.8 Å². The van der Waals surface area contributed by atoms with Crippen LogP contribution in [0.25, 0.3) is 5.52 Å². The van der Waals surface area contributed by atoms with Crippen molar-refractivity contribution < 1.29 is 33.4 Å². The van der Waals surface area contributed by atoms with Gasteiger partial charge in [0.05, 0.1) is 25.3 Å². The molecule has 2 rings (SSSR count). The fourth-order valence-electron chi connectivity index (χ4n) is 3.26. The molecule has 2 aromatic heterocycles. The lowest BCUT2D eigenvalue weighted by Crippen LogP contribution is -2.18. The molecular formula is C21H25NO7. The van der Waals surface area contributed by atoms with Crippen LogP contribution in [-0.4, -0.2) is 47.9 Å². The summed E-state index contributed by atoms with van der Waals surface area (Å²) in [6.45, 7) is 8.74. The Kier molecular flexibility index (Phi) is 7.14. The number of carbonyl (C=O) groups is 4. The summed E-state index contributed by atoms with van der Waals surface area (Å²) < 4.78 is 16.6. The molecule has 0 aliphatic carbocycles. The van der Waals surface area contributed by atoms with Crippen LogP contribution in [0.5, 0.6) is 0 Å². The van der Waals surface area contributed by atoms with Gasteiger partial charge in [0.25, 0.3) is 0 Å². The highest BCUT2D eigenvalue weighted by molar-refractivity contribution is 6.18. The fourth-order valence-corrected chi connectivity index (χ4v) is 3.26. The average Bonchev–Trinajstić information content (AvgIpc) is 2.97. The minimum atomic E-state index is -0.830. The number of aryl methyl sites for hydroxylation is 2. The van der Waals surface area contributed by atoms with Gasteiger partial charge in [-0.15, -0.1) is 0 Å². The first-order valence-corrected chi connectivity index (χ1v) is 9.44. The zero-order valence-electron chi connectivity index (χ0n) is 17.3.